The van der Waals surface area contributed by atoms with E-state index in [1.807, 2.05) is 42.6 Å². The molecule has 33 heavy (non-hydrogen) atoms. The molecule has 0 radical (unpaired) electrons. The third-order valence-electron chi connectivity index (χ3n) is 4.27. The highest BCUT2D eigenvalue weighted by atomic mass is 32.2. The van der Waals surface area contributed by atoms with Gasteiger partial charge in [-0.25, -0.2) is 4.98 Å². The van der Waals surface area contributed by atoms with E-state index >= 15 is 0 Å². The highest BCUT2D eigenvalue weighted by molar-refractivity contribution is 8.00. The van der Waals surface area contributed by atoms with E-state index in [9.17, 15) is 14.4 Å². The van der Waals surface area contributed by atoms with Crippen LogP contribution in [-0.2, 0) is 14.4 Å². The van der Waals surface area contributed by atoms with Crippen LogP contribution in [-0.4, -0.2) is 40.2 Å². The first-order valence-electron chi connectivity index (χ1n) is 10.2. The van der Waals surface area contributed by atoms with Gasteiger partial charge in [-0.2, -0.15) is 0 Å². The van der Waals surface area contributed by atoms with Gasteiger partial charge in [-0.05, 0) is 49.4 Å². The number of nitrogens with one attached hydrogen (secondary N) is 2. The Hall–Kier alpha value is -3.37. The standard InChI is InChI=1S/C23H23N3O5S2/c1-2-31-17-8-6-15(7-9-17)19-13-33-23(25-19)26-21(28)14-32-18-5-3-4-16(12-18)24-20(27)10-11-22(29)30/h3-9,12-13H,2,10-11,14H2,1H3,(H,24,27)(H,29,30)(H,25,26,28). The van der Waals surface area contributed by atoms with Crippen LogP contribution in [0, 0.1) is 0 Å². The van der Waals surface area contributed by atoms with Gasteiger partial charge >= 0.3 is 5.97 Å². The maximum Gasteiger partial charge on any atom is 0.303 e. The molecule has 0 aliphatic rings. The van der Waals surface area contributed by atoms with Crippen LogP contribution in [0.2, 0.25) is 0 Å². The number of carbonyl (C=O) groups excluding carboxylic acids is 2. The fourth-order valence-corrected chi connectivity index (χ4v) is 4.26. The molecule has 3 rings (SSSR count). The van der Waals surface area contributed by atoms with Gasteiger partial charge in [0, 0.05) is 27.9 Å². The first-order valence-corrected chi connectivity index (χ1v) is 12.0. The molecule has 0 spiro atoms. The second-order valence-corrected chi connectivity index (χ2v) is 8.71. The van der Waals surface area contributed by atoms with Gasteiger partial charge in [-0.15, -0.1) is 23.1 Å². The number of thiazole rings is 1. The number of carboxylic acid groups (broad SMARTS) is 1. The number of hydrogen-bond donors (Lipinski definition) is 3. The molecule has 3 aromatic rings. The van der Waals surface area contributed by atoms with E-state index in [1.165, 1.54) is 23.1 Å². The van der Waals surface area contributed by atoms with Crippen LogP contribution in [0.5, 0.6) is 5.75 Å². The second-order valence-electron chi connectivity index (χ2n) is 6.80. The van der Waals surface area contributed by atoms with Crippen LogP contribution in [0.3, 0.4) is 0 Å². The minimum Gasteiger partial charge on any atom is -0.494 e. The quantitative estimate of drug-likeness (QED) is 0.336. The average Bonchev–Trinajstić information content (AvgIpc) is 3.26. The number of hydrogen-bond acceptors (Lipinski definition) is 7. The molecule has 0 unspecified atom stereocenters. The molecule has 172 valence electrons. The Balaban J connectivity index is 1.49. The highest BCUT2D eigenvalue weighted by Crippen LogP contribution is 2.27. The Morgan fingerprint density at radius 3 is 2.58 bits per heavy atom. The SMILES string of the molecule is CCOc1ccc(-c2csc(NC(=O)CSc3cccc(NC(=O)CCC(=O)O)c3)n2)cc1. The Morgan fingerprint density at radius 2 is 1.85 bits per heavy atom. The van der Waals surface area contributed by atoms with E-state index in [0.29, 0.717) is 17.4 Å². The molecule has 0 atom stereocenters. The molecule has 0 saturated heterocycles. The molecular formula is C23H23N3O5S2. The lowest BCUT2D eigenvalue weighted by Gasteiger charge is -2.07. The van der Waals surface area contributed by atoms with Crippen molar-refractivity contribution in [3.05, 3.63) is 53.9 Å². The summed E-state index contributed by atoms with van der Waals surface area (Å²) >= 11 is 2.67. The lowest BCUT2D eigenvalue weighted by molar-refractivity contribution is -0.138. The van der Waals surface area contributed by atoms with Crippen molar-refractivity contribution >= 4 is 51.7 Å². The summed E-state index contributed by atoms with van der Waals surface area (Å²) in [5.41, 5.74) is 2.26. The highest BCUT2D eigenvalue weighted by Gasteiger charge is 2.10. The molecule has 1 aromatic heterocycles. The molecular weight excluding hydrogens is 462 g/mol. The van der Waals surface area contributed by atoms with Crippen molar-refractivity contribution < 1.29 is 24.2 Å². The van der Waals surface area contributed by atoms with E-state index < -0.39 is 5.97 Å². The molecule has 0 fully saturated rings. The fraction of sp³-hybridized carbons (Fsp3) is 0.217. The van der Waals surface area contributed by atoms with Gasteiger partial charge in [0.1, 0.15) is 5.75 Å². The van der Waals surface area contributed by atoms with Crippen molar-refractivity contribution in [3.63, 3.8) is 0 Å². The maximum absolute atomic E-state index is 12.4. The Bertz CT molecular complexity index is 1120. The molecule has 10 heteroatoms. The van der Waals surface area contributed by atoms with E-state index in [0.717, 1.165) is 21.9 Å². The van der Waals surface area contributed by atoms with Crippen molar-refractivity contribution in [1.29, 1.82) is 0 Å². The lowest BCUT2D eigenvalue weighted by Crippen LogP contribution is -2.14. The van der Waals surface area contributed by atoms with Crippen LogP contribution >= 0.6 is 23.1 Å². The summed E-state index contributed by atoms with van der Waals surface area (Å²) in [4.78, 5) is 40.0. The predicted octanol–water partition coefficient (Wildman–Crippen LogP) is 4.74. The number of nitrogens with zero attached hydrogens (tertiary/aromatic N) is 1. The number of benzene rings is 2. The van der Waals surface area contributed by atoms with Gasteiger partial charge in [0.05, 0.1) is 24.5 Å². The van der Waals surface area contributed by atoms with Crippen molar-refractivity contribution in [2.45, 2.75) is 24.7 Å². The number of aliphatic carboxylic acids is 1. The molecule has 1 heterocycles. The van der Waals surface area contributed by atoms with Crippen molar-refractivity contribution in [3.8, 4) is 17.0 Å². The number of carbonyl (C=O) groups is 3. The van der Waals surface area contributed by atoms with Crippen molar-refractivity contribution in [1.82, 2.24) is 4.98 Å². The average molecular weight is 486 g/mol. The molecule has 3 N–H and O–H groups in total. The Morgan fingerprint density at radius 1 is 1.06 bits per heavy atom. The van der Waals surface area contributed by atoms with Gasteiger partial charge in [0.25, 0.3) is 0 Å². The number of aromatic nitrogens is 1. The lowest BCUT2D eigenvalue weighted by atomic mass is 10.2. The van der Waals surface area contributed by atoms with Crippen LogP contribution in [0.4, 0.5) is 10.8 Å². The van der Waals surface area contributed by atoms with E-state index in [2.05, 4.69) is 15.6 Å². The zero-order chi connectivity index (χ0) is 23.6. The first-order chi connectivity index (χ1) is 15.9. The molecule has 0 saturated carbocycles. The maximum atomic E-state index is 12.4. The van der Waals surface area contributed by atoms with E-state index in [-0.39, 0.29) is 30.4 Å². The fourth-order valence-electron chi connectivity index (χ4n) is 2.76. The normalized spacial score (nSPS) is 10.5. The molecule has 2 aromatic carbocycles. The summed E-state index contributed by atoms with van der Waals surface area (Å²) in [5, 5.41) is 16.5. The summed E-state index contributed by atoms with van der Waals surface area (Å²) in [6, 6.07) is 14.7. The van der Waals surface area contributed by atoms with Gasteiger partial charge in [-0.3, -0.25) is 14.4 Å². The molecule has 2 amide bonds. The van der Waals surface area contributed by atoms with Gasteiger partial charge < -0.3 is 20.5 Å². The summed E-state index contributed by atoms with van der Waals surface area (Å²) in [6.45, 7) is 2.54. The monoisotopic (exact) mass is 485 g/mol. The van der Waals surface area contributed by atoms with Crippen LogP contribution in [0.15, 0.2) is 58.8 Å². The second kappa shape index (κ2) is 12.0. The number of ether oxygens (including phenoxy) is 1. The molecule has 8 nitrogen and oxygen atoms in total. The summed E-state index contributed by atoms with van der Waals surface area (Å²) in [5.74, 6) is -0.611. The third kappa shape index (κ3) is 7.92. The summed E-state index contributed by atoms with van der Waals surface area (Å²) in [6.07, 6.45) is -0.320. The Kier molecular flexibility index (Phi) is 8.85. The minimum atomic E-state index is -1.02. The van der Waals surface area contributed by atoms with Crippen LogP contribution in [0.1, 0.15) is 19.8 Å². The van der Waals surface area contributed by atoms with Gasteiger partial charge in [0.2, 0.25) is 11.8 Å². The van der Waals surface area contributed by atoms with E-state index in [1.54, 1.807) is 18.2 Å². The number of carboxylic acids is 1. The largest absolute Gasteiger partial charge is 0.494 e. The summed E-state index contributed by atoms with van der Waals surface area (Å²) in [7, 11) is 0. The number of anilines is 2. The van der Waals surface area contributed by atoms with E-state index in [4.69, 9.17) is 9.84 Å². The topological polar surface area (TPSA) is 118 Å². The van der Waals surface area contributed by atoms with Crippen molar-refractivity contribution in [2.24, 2.45) is 0 Å². The first kappa shape index (κ1) is 24.3. The zero-order valence-electron chi connectivity index (χ0n) is 17.9. The van der Waals surface area contributed by atoms with Crippen LogP contribution in [0.25, 0.3) is 11.3 Å². The predicted molar refractivity (Wildman–Crippen MR) is 130 cm³/mol. The number of thioether (sulfide) groups is 1. The Labute approximate surface area is 199 Å². The zero-order valence-corrected chi connectivity index (χ0v) is 19.5. The minimum absolute atomic E-state index is 0.0957. The van der Waals surface area contributed by atoms with Crippen molar-refractivity contribution in [2.75, 3.05) is 23.0 Å². The third-order valence-corrected chi connectivity index (χ3v) is 6.02. The number of rotatable bonds is 11. The van der Waals surface area contributed by atoms with Gasteiger partial charge in [-0.1, -0.05) is 6.07 Å². The smallest absolute Gasteiger partial charge is 0.303 e. The molecule has 0 aliphatic heterocycles. The van der Waals surface area contributed by atoms with Crippen LogP contribution < -0.4 is 15.4 Å². The number of amides is 2. The molecule has 0 bridgehead atoms. The summed E-state index contributed by atoms with van der Waals surface area (Å²) < 4.78 is 5.44. The van der Waals surface area contributed by atoms with Gasteiger partial charge in [0.15, 0.2) is 5.13 Å². The molecule has 0 aliphatic carbocycles.